The summed E-state index contributed by atoms with van der Waals surface area (Å²) in [5, 5.41) is 0.699. The minimum atomic E-state index is -0.428. The smallest absolute Gasteiger partial charge is 0.263 e. The van der Waals surface area contributed by atoms with Crippen molar-refractivity contribution < 1.29 is 9.53 Å². The molecule has 1 fully saturated rings. The van der Waals surface area contributed by atoms with Crippen molar-refractivity contribution in [3.05, 3.63) is 46.2 Å². The molecule has 0 radical (unpaired) electrons. The SMILES string of the molecule is O=C(C1Cc2cc(Cl)cc(-c3ccnc4c3CCCC4)c2O1)N1CCCCC1. The predicted octanol–water partition coefficient (Wildman–Crippen LogP) is 4.60. The van der Waals surface area contributed by atoms with Crippen molar-refractivity contribution in [2.45, 2.75) is 57.5 Å². The van der Waals surface area contributed by atoms with Gasteiger partial charge in [-0.05, 0) is 74.3 Å². The number of piperidine rings is 1. The monoisotopic (exact) mass is 396 g/mol. The fraction of sp³-hybridized carbons (Fsp3) is 0.478. The summed E-state index contributed by atoms with van der Waals surface area (Å²) in [5.41, 5.74) is 5.72. The Morgan fingerprint density at radius 2 is 1.89 bits per heavy atom. The highest BCUT2D eigenvalue weighted by Gasteiger charge is 2.35. The van der Waals surface area contributed by atoms with E-state index in [1.807, 2.05) is 23.2 Å². The van der Waals surface area contributed by atoms with Gasteiger partial charge in [0.15, 0.2) is 6.10 Å². The van der Waals surface area contributed by atoms with E-state index in [0.29, 0.717) is 11.4 Å². The van der Waals surface area contributed by atoms with Crippen molar-refractivity contribution >= 4 is 17.5 Å². The maximum absolute atomic E-state index is 13.0. The molecule has 5 rings (SSSR count). The Hall–Kier alpha value is -2.07. The molecule has 1 aliphatic carbocycles. The van der Waals surface area contributed by atoms with Gasteiger partial charge in [0.05, 0.1) is 0 Å². The van der Waals surface area contributed by atoms with Crippen LogP contribution in [-0.2, 0) is 24.1 Å². The third kappa shape index (κ3) is 3.18. The number of hydrogen-bond acceptors (Lipinski definition) is 3. The minimum absolute atomic E-state index is 0.120. The predicted molar refractivity (Wildman–Crippen MR) is 110 cm³/mol. The number of fused-ring (bicyclic) bond motifs is 2. The second kappa shape index (κ2) is 7.40. The molecule has 28 heavy (non-hydrogen) atoms. The third-order valence-corrected chi connectivity index (χ3v) is 6.48. The van der Waals surface area contributed by atoms with Gasteiger partial charge in [0.25, 0.3) is 5.91 Å². The van der Waals surface area contributed by atoms with Gasteiger partial charge in [-0.15, -0.1) is 0 Å². The van der Waals surface area contributed by atoms with Crippen LogP contribution in [-0.4, -0.2) is 35.0 Å². The highest BCUT2D eigenvalue weighted by molar-refractivity contribution is 6.31. The number of aryl methyl sites for hydroxylation is 1. The Balaban J connectivity index is 1.50. The Morgan fingerprint density at radius 1 is 1.07 bits per heavy atom. The van der Waals surface area contributed by atoms with Gasteiger partial charge in [0.2, 0.25) is 0 Å². The Morgan fingerprint density at radius 3 is 2.75 bits per heavy atom. The molecule has 1 aromatic heterocycles. The number of halogens is 1. The molecule has 1 saturated heterocycles. The minimum Gasteiger partial charge on any atom is -0.479 e. The number of carbonyl (C=O) groups excluding carboxylic acids is 1. The highest BCUT2D eigenvalue weighted by Crippen LogP contribution is 2.43. The van der Waals surface area contributed by atoms with E-state index in [1.54, 1.807) is 0 Å². The van der Waals surface area contributed by atoms with Crippen LogP contribution in [0.15, 0.2) is 24.4 Å². The quantitative estimate of drug-likeness (QED) is 0.745. The summed E-state index contributed by atoms with van der Waals surface area (Å²) in [6.45, 7) is 1.70. The molecule has 1 aromatic carbocycles. The van der Waals surface area contributed by atoms with E-state index in [2.05, 4.69) is 11.1 Å². The van der Waals surface area contributed by atoms with Gasteiger partial charge in [0.1, 0.15) is 5.75 Å². The second-order valence-electron chi connectivity index (χ2n) is 8.13. The van der Waals surface area contributed by atoms with Crippen molar-refractivity contribution in [2.75, 3.05) is 13.1 Å². The van der Waals surface area contributed by atoms with Crippen LogP contribution >= 0.6 is 11.6 Å². The van der Waals surface area contributed by atoms with Gasteiger partial charge >= 0.3 is 0 Å². The lowest BCUT2D eigenvalue weighted by Crippen LogP contribution is -2.43. The Bertz CT molecular complexity index is 921. The molecule has 3 heterocycles. The zero-order valence-electron chi connectivity index (χ0n) is 16.0. The van der Waals surface area contributed by atoms with E-state index in [0.717, 1.165) is 61.2 Å². The number of nitrogens with zero attached hydrogens (tertiary/aromatic N) is 2. The number of amides is 1. The first-order valence-electron chi connectivity index (χ1n) is 10.5. The summed E-state index contributed by atoms with van der Waals surface area (Å²) in [4.78, 5) is 19.6. The van der Waals surface area contributed by atoms with E-state index >= 15 is 0 Å². The number of benzene rings is 1. The fourth-order valence-corrected chi connectivity index (χ4v) is 5.10. The van der Waals surface area contributed by atoms with Crippen LogP contribution in [0.25, 0.3) is 11.1 Å². The zero-order chi connectivity index (χ0) is 19.1. The van der Waals surface area contributed by atoms with Crippen LogP contribution in [0.2, 0.25) is 5.02 Å². The number of rotatable bonds is 2. The lowest BCUT2D eigenvalue weighted by Gasteiger charge is -2.28. The van der Waals surface area contributed by atoms with Gasteiger partial charge < -0.3 is 9.64 Å². The van der Waals surface area contributed by atoms with Gasteiger partial charge in [-0.25, -0.2) is 0 Å². The maximum atomic E-state index is 13.0. The summed E-state index contributed by atoms with van der Waals surface area (Å²) >= 11 is 6.47. The van der Waals surface area contributed by atoms with Crippen LogP contribution in [0.3, 0.4) is 0 Å². The molecule has 1 unspecified atom stereocenters. The second-order valence-corrected chi connectivity index (χ2v) is 8.57. The number of hydrogen-bond donors (Lipinski definition) is 0. The first-order chi connectivity index (χ1) is 13.7. The van der Waals surface area contributed by atoms with Crippen LogP contribution < -0.4 is 4.74 Å². The summed E-state index contributed by atoms with van der Waals surface area (Å²) in [5.74, 6) is 0.952. The van der Waals surface area contributed by atoms with Crippen LogP contribution in [0.5, 0.6) is 5.75 Å². The summed E-state index contributed by atoms with van der Waals surface area (Å²) in [6, 6.07) is 6.01. The van der Waals surface area contributed by atoms with E-state index in [1.165, 1.54) is 30.5 Å². The zero-order valence-corrected chi connectivity index (χ0v) is 16.8. The van der Waals surface area contributed by atoms with Gasteiger partial charge in [-0.2, -0.15) is 0 Å². The molecule has 1 atom stereocenters. The number of carbonyl (C=O) groups is 1. The van der Waals surface area contributed by atoms with Gasteiger partial charge in [-0.3, -0.25) is 9.78 Å². The molecule has 0 N–H and O–H groups in total. The molecule has 3 aliphatic rings. The highest BCUT2D eigenvalue weighted by atomic mass is 35.5. The topological polar surface area (TPSA) is 42.4 Å². The lowest BCUT2D eigenvalue weighted by molar-refractivity contribution is -0.138. The standard InChI is InChI=1S/C23H25ClN2O2/c24-16-12-15-13-21(23(27)26-10-4-1-5-11-26)28-22(15)19(14-16)17-8-9-25-20-7-3-2-6-18(17)20/h8-9,12,14,21H,1-7,10-11,13H2. The fourth-order valence-electron chi connectivity index (χ4n) is 4.86. The van der Waals surface area contributed by atoms with Gasteiger partial charge in [0, 0.05) is 47.6 Å². The lowest BCUT2D eigenvalue weighted by atomic mass is 9.88. The third-order valence-electron chi connectivity index (χ3n) is 6.26. The Labute approximate surface area is 170 Å². The summed E-state index contributed by atoms with van der Waals surface area (Å²) in [6.07, 6.45) is 9.90. The molecular formula is C23H25ClN2O2. The first kappa shape index (κ1) is 18.0. The molecule has 1 amide bonds. The van der Waals surface area contributed by atoms with Crippen LogP contribution in [0, 0.1) is 0 Å². The Kier molecular flexibility index (Phi) is 4.75. The molecule has 0 bridgehead atoms. The molecule has 0 saturated carbocycles. The van der Waals surface area contributed by atoms with Crippen molar-refractivity contribution in [3.8, 4) is 16.9 Å². The van der Waals surface area contributed by atoms with E-state index in [9.17, 15) is 4.79 Å². The van der Waals surface area contributed by atoms with Crippen molar-refractivity contribution in [1.82, 2.24) is 9.88 Å². The summed E-state index contributed by atoms with van der Waals surface area (Å²) < 4.78 is 6.28. The normalized spacial score (nSPS) is 21.0. The number of pyridine rings is 1. The van der Waals surface area contributed by atoms with E-state index < -0.39 is 6.10 Å². The molecule has 2 aromatic rings. The first-order valence-corrected chi connectivity index (χ1v) is 10.8. The molecule has 5 heteroatoms. The van der Waals surface area contributed by atoms with Crippen LogP contribution in [0.1, 0.15) is 48.9 Å². The molecular weight excluding hydrogens is 372 g/mol. The average molecular weight is 397 g/mol. The average Bonchev–Trinajstić information content (AvgIpc) is 3.17. The summed E-state index contributed by atoms with van der Waals surface area (Å²) in [7, 11) is 0. The number of likely N-dealkylation sites (tertiary alicyclic amines) is 1. The van der Waals surface area contributed by atoms with Crippen molar-refractivity contribution in [1.29, 1.82) is 0 Å². The maximum Gasteiger partial charge on any atom is 0.263 e. The van der Waals surface area contributed by atoms with Gasteiger partial charge in [-0.1, -0.05) is 11.6 Å². The number of aromatic nitrogens is 1. The van der Waals surface area contributed by atoms with Crippen LogP contribution in [0.4, 0.5) is 0 Å². The number of ether oxygens (including phenoxy) is 1. The molecule has 2 aliphatic heterocycles. The van der Waals surface area contributed by atoms with E-state index in [4.69, 9.17) is 16.3 Å². The largest absolute Gasteiger partial charge is 0.479 e. The van der Waals surface area contributed by atoms with Crippen molar-refractivity contribution in [3.63, 3.8) is 0 Å². The molecule has 0 spiro atoms. The van der Waals surface area contributed by atoms with Crippen molar-refractivity contribution in [2.24, 2.45) is 0 Å². The van der Waals surface area contributed by atoms with E-state index in [-0.39, 0.29) is 5.91 Å². The molecule has 146 valence electrons. The molecule has 4 nitrogen and oxygen atoms in total.